The standard InChI is InChI=1S/C18H17Cl2N3O2/c1-10(22-18(25)13-8-15(19)16(20)21-9-13)11-4-6-14(7-5-11)23-17(24)12-2-3-12/h4-10,12H,2-3H2,1H3,(H,22,25)(H,23,24). The predicted molar refractivity (Wildman–Crippen MR) is 97.9 cm³/mol. The Labute approximate surface area is 155 Å². The Hall–Kier alpha value is -2.11. The van der Waals surface area contributed by atoms with E-state index in [9.17, 15) is 9.59 Å². The summed E-state index contributed by atoms with van der Waals surface area (Å²) in [6, 6.07) is 8.68. The van der Waals surface area contributed by atoms with Crippen LogP contribution in [0.25, 0.3) is 0 Å². The zero-order valence-corrected chi connectivity index (χ0v) is 15.1. The van der Waals surface area contributed by atoms with Crippen LogP contribution in [0.2, 0.25) is 10.2 Å². The smallest absolute Gasteiger partial charge is 0.253 e. The number of carbonyl (C=O) groups is 2. The van der Waals surface area contributed by atoms with Crippen LogP contribution in [-0.2, 0) is 4.79 Å². The van der Waals surface area contributed by atoms with Gasteiger partial charge in [0.1, 0.15) is 5.15 Å². The van der Waals surface area contributed by atoms with Crippen LogP contribution >= 0.6 is 23.2 Å². The molecule has 1 aromatic heterocycles. The minimum atomic E-state index is -0.287. The highest BCUT2D eigenvalue weighted by molar-refractivity contribution is 6.41. The van der Waals surface area contributed by atoms with Gasteiger partial charge in [-0.1, -0.05) is 35.3 Å². The van der Waals surface area contributed by atoms with Gasteiger partial charge in [-0.05, 0) is 43.5 Å². The second-order valence-electron chi connectivity index (χ2n) is 6.08. The number of hydrogen-bond acceptors (Lipinski definition) is 3. The largest absolute Gasteiger partial charge is 0.345 e. The van der Waals surface area contributed by atoms with Crippen LogP contribution in [0.5, 0.6) is 0 Å². The van der Waals surface area contributed by atoms with Crippen molar-refractivity contribution in [3.05, 3.63) is 57.8 Å². The SMILES string of the molecule is CC(NC(=O)c1cnc(Cl)c(Cl)c1)c1ccc(NC(=O)C2CC2)cc1. The molecule has 1 aliphatic rings. The first-order valence-corrected chi connectivity index (χ1v) is 8.72. The molecule has 0 aliphatic heterocycles. The van der Waals surface area contributed by atoms with Crippen molar-refractivity contribution in [2.45, 2.75) is 25.8 Å². The van der Waals surface area contributed by atoms with Crippen molar-refractivity contribution in [1.82, 2.24) is 10.3 Å². The number of nitrogens with one attached hydrogen (secondary N) is 2. The summed E-state index contributed by atoms with van der Waals surface area (Å²) in [6.07, 6.45) is 3.32. The maximum absolute atomic E-state index is 12.3. The summed E-state index contributed by atoms with van der Waals surface area (Å²) in [5.74, 6) is -0.0522. The maximum atomic E-state index is 12.3. The molecule has 2 N–H and O–H groups in total. The van der Waals surface area contributed by atoms with Gasteiger partial charge in [0.05, 0.1) is 16.6 Å². The molecule has 5 nitrogen and oxygen atoms in total. The number of aromatic nitrogens is 1. The van der Waals surface area contributed by atoms with Crippen LogP contribution in [0.4, 0.5) is 5.69 Å². The fourth-order valence-electron chi connectivity index (χ4n) is 2.35. The van der Waals surface area contributed by atoms with E-state index in [0.29, 0.717) is 5.56 Å². The summed E-state index contributed by atoms with van der Waals surface area (Å²) < 4.78 is 0. The van der Waals surface area contributed by atoms with Crippen molar-refractivity contribution in [2.24, 2.45) is 5.92 Å². The first kappa shape index (κ1) is 17.7. The quantitative estimate of drug-likeness (QED) is 0.765. The van der Waals surface area contributed by atoms with Crippen LogP contribution in [-0.4, -0.2) is 16.8 Å². The van der Waals surface area contributed by atoms with Crippen molar-refractivity contribution in [3.63, 3.8) is 0 Å². The highest BCUT2D eigenvalue weighted by Gasteiger charge is 2.29. The normalized spacial score (nSPS) is 14.7. The monoisotopic (exact) mass is 377 g/mol. The minimum Gasteiger partial charge on any atom is -0.345 e. The Kier molecular flexibility index (Phi) is 5.25. The van der Waals surface area contributed by atoms with Gasteiger partial charge >= 0.3 is 0 Å². The lowest BCUT2D eigenvalue weighted by Crippen LogP contribution is -2.26. The van der Waals surface area contributed by atoms with Crippen LogP contribution in [0.1, 0.15) is 41.7 Å². The van der Waals surface area contributed by atoms with Crippen molar-refractivity contribution in [3.8, 4) is 0 Å². The van der Waals surface area contributed by atoms with Crippen molar-refractivity contribution in [1.29, 1.82) is 0 Å². The van der Waals surface area contributed by atoms with E-state index in [2.05, 4.69) is 15.6 Å². The Morgan fingerprint density at radius 2 is 1.88 bits per heavy atom. The summed E-state index contributed by atoms with van der Waals surface area (Å²) in [7, 11) is 0. The van der Waals surface area contributed by atoms with E-state index >= 15 is 0 Å². The Balaban J connectivity index is 1.61. The fourth-order valence-corrected chi connectivity index (χ4v) is 2.62. The summed E-state index contributed by atoms with van der Waals surface area (Å²) in [6.45, 7) is 1.88. The highest BCUT2D eigenvalue weighted by Crippen LogP contribution is 2.30. The lowest BCUT2D eigenvalue weighted by molar-refractivity contribution is -0.117. The van der Waals surface area contributed by atoms with E-state index in [1.54, 1.807) is 0 Å². The number of carbonyl (C=O) groups excluding carboxylic acids is 2. The van der Waals surface area contributed by atoms with Gasteiger partial charge in [0.25, 0.3) is 5.91 Å². The second-order valence-corrected chi connectivity index (χ2v) is 6.84. The first-order chi connectivity index (χ1) is 11.9. The van der Waals surface area contributed by atoms with Gasteiger partial charge < -0.3 is 10.6 Å². The molecule has 1 atom stereocenters. The number of nitrogens with zero attached hydrogens (tertiary/aromatic N) is 1. The third-order valence-corrected chi connectivity index (χ3v) is 4.72. The van der Waals surface area contributed by atoms with E-state index in [1.165, 1.54) is 12.3 Å². The molecule has 25 heavy (non-hydrogen) atoms. The average molecular weight is 378 g/mol. The molecule has 1 saturated carbocycles. The molecule has 1 heterocycles. The van der Waals surface area contributed by atoms with E-state index in [4.69, 9.17) is 23.2 Å². The van der Waals surface area contributed by atoms with E-state index < -0.39 is 0 Å². The number of benzene rings is 1. The molecule has 7 heteroatoms. The molecule has 1 fully saturated rings. The number of amides is 2. The lowest BCUT2D eigenvalue weighted by Gasteiger charge is -2.15. The van der Waals surface area contributed by atoms with Gasteiger partial charge in [0.15, 0.2) is 0 Å². The maximum Gasteiger partial charge on any atom is 0.253 e. The highest BCUT2D eigenvalue weighted by atomic mass is 35.5. The molecule has 1 unspecified atom stereocenters. The number of hydrogen-bond donors (Lipinski definition) is 2. The summed E-state index contributed by atoms with van der Waals surface area (Å²) in [5.41, 5.74) is 2.02. The molecule has 1 aliphatic carbocycles. The van der Waals surface area contributed by atoms with Crippen LogP contribution in [0, 0.1) is 5.92 Å². The zero-order valence-electron chi connectivity index (χ0n) is 13.6. The van der Waals surface area contributed by atoms with Crippen LogP contribution in [0.3, 0.4) is 0 Å². The number of pyridine rings is 1. The molecule has 130 valence electrons. The topological polar surface area (TPSA) is 71.1 Å². The minimum absolute atomic E-state index is 0.0706. The van der Waals surface area contributed by atoms with Crippen molar-refractivity contribution < 1.29 is 9.59 Å². The number of anilines is 1. The Bertz CT molecular complexity index is 804. The van der Waals surface area contributed by atoms with Gasteiger partial charge in [-0.3, -0.25) is 9.59 Å². The van der Waals surface area contributed by atoms with Crippen LogP contribution < -0.4 is 10.6 Å². The van der Waals surface area contributed by atoms with Gasteiger partial charge in [-0.2, -0.15) is 0 Å². The molecule has 3 rings (SSSR count). The second kappa shape index (κ2) is 7.42. The summed E-state index contributed by atoms with van der Waals surface area (Å²) in [4.78, 5) is 27.9. The van der Waals surface area contributed by atoms with Gasteiger partial charge in [-0.15, -0.1) is 0 Å². The predicted octanol–water partition coefficient (Wildman–Crippen LogP) is 4.23. The van der Waals surface area contributed by atoms with Crippen LogP contribution in [0.15, 0.2) is 36.5 Å². The molecule has 0 saturated heterocycles. The van der Waals surface area contributed by atoms with E-state index in [1.807, 2.05) is 31.2 Å². The average Bonchev–Trinajstić information content (AvgIpc) is 3.43. The molecule has 1 aromatic carbocycles. The van der Waals surface area contributed by atoms with E-state index in [0.717, 1.165) is 24.1 Å². The van der Waals surface area contributed by atoms with Gasteiger partial charge in [-0.25, -0.2) is 4.98 Å². The molecular formula is C18H17Cl2N3O2. The zero-order chi connectivity index (χ0) is 18.0. The molecule has 0 bridgehead atoms. The van der Waals surface area contributed by atoms with E-state index in [-0.39, 0.29) is 33.9 Å². The Morgan fingerprint density at radius 1 is 1.20 bits per heavy atom. The molecule has 0 radical (unpaired) electrons. The lowest BCUT2D eigenvalue weighted by atomic mass is 10.1. The summed E-state index contributed by atoms with van der Waals surface area (Å²) >= 11 is 11.6. The Morgan fingerprint density at radius 3 is 2.48 bits per heavy atom. The van der Waals surface area contributed by atoms with Gasteiger partial charge in [0.2, 0.25) is 5.91 Å². The number of rotatable bonds is 5. The third kappa shape index (κ3) is 4.50. The fraction of sp³-hybridized carbons (Fsp3) is 0.278. The van der Waals surface area contributed by atoms with Crippen molar-refractivity contribution in [2.75, 3.05) is 5.32 Å². The van der Waals surface area contributed by atoms with Gasteiger partial charge in [0, 0.05) is 17.8 Å². The van der Waals surface area contributed by atoms with Crippen molar-refractivity contribution >= 4 is 40.7 Å². The summed E-state index contributed by atoms with van der Waals surface area (Å²) in [5, 5.41) is 6.16. The number of halogens is 2. The molecule has 2 amide bonds. The molecule has 0 spiro atoms. The third-order valence-electron chi connectivity index (χ3n) is 4.03. The molecule has 2 aromatic rings. The first-order valence-electron chi connectivity index (χ1n) is 7.97. The molecular weight excluding hydrogens is 361 g/mol.